The monoisotopic (exact) mass is 325 g/mol. The summed E-state index contributed by atoms with van der Waals surface area (Å²) in [6.07, 6.45) is 1.82. The molecule has 3 rings (SSSR count). The summed E-state index contributed by atoms with van der Waals surface area (Å²) in [7, 11) is 3.90. The van der Waals surface area contributed by atoms with Gasteiger partial charge in [0.1, 0.15) is 5.82 Å². The van der Waals surface area contributed by atoms with E-state index in [4.69, 9.17) is 0 Å². The Balaban J connectivity index is 1.67. The summed E-state index contributed by atoms with van der Waals surface area (Å²) >= 11 is 0. The molecule has 6 nitrogen and oxygen atoms in total. The maximum absolute atomic E-state index is 12.4. The Kier molecular flexibility index (Phi) is 4.96. The van der Waals surface area contributed by atoms with E-state index in [1.807, 2.05) is 55.5 Å². The largest absolute Gasteiger partial charge is 0.378 e. The summed E-state index contributed by atoms with van der Waals surface area (Å²) in [6.45, 7) is 3.93. The van der Waals surface area contributed by atoms with E-state index in [0.29, 0.717) is 11.4 Å². The van der Waals surface area contributed by atoms with Gasteiger partial charge >= 0.3 is 0 Å². The molecular weight excluding hydrogens is 302 g/mol. The Morgan fingerprint density at radius 1 is 1.21 bits per heavy atom. The second-order valence-corrected chi connectivity index (χ2v) is 6.04. The molecule has 1 aromatic heterocycles. The minimum absolute atomic E-state index is 0.152. The third kappa shape index (κ3) is 3.83. The predicted molar refractivity (Wildman–Crippen MR) is 98.0 cm³/mol. The van der Waals surface area contributed by atoms with Crippen molar-refractivity contribution < 1.29 is 4.79 Å². The number of pyridine rings is 1. The minimum atomic E-state index is -0.152. The number of rotatable bonds is 4. The molecule has 0 radical (unpaired) electrons. The number of nitrogens with zero attached hydrogens (tertiary/aromatic N) is 3. The molecule has 1 saturated heterocycles. The quantitative estimate of drug-likeness (QED) is 0.898. The molecule has 1 fully saturated rings. The summed E-state index contributed by atoms with van der Waals surface area (Å²) in [5.74, 6) is 0.412. The van der Waals surface area contributed by atoms with Crippen LogP contribution in [0.25, 0.3) is 0 Å². The van der Waals surface area contributed by atoms with E-state index in [1.165, 1.54) is 0 Å². The molecule has 24 heavy (non-hydrogen) atoms. The van der Waals surface area contributed by atoms with Crippen LogP contribution >= 0.6 is 0 Å². The number of benzene rings is 1. The molecule has 6 heteroatoms. The average Bonchev–Trinajstić information content (AvgIpc) is 2.63. The molecule has 1 amide bonds. The van der Waals surface area contributed by atoms with E-state index < -0.39 is 0 Å². The summed E-state index contributed by atoms with van der Waals surface area (Å²) in [4.78, 5) is 21.0. The second kappa shape index (κ2) is 7.31. The Morgan fingerprint density at radius 2 is 2.00 bits per heavy atom. The summed E-state index contributed by atoms with van der Waals surface area (Å²) in [6, 6.07) is 11.4. The minimum Gasteiger partial charge on any atom is -0.378 e. The lowest BCUT2D eigenvalue weighted by atomic mass is 10.2. The van der Waals surface area contributed by atoms with Gasteiger partial charge in [-0.3, -0.25) is 4.79 Å². The zero-order valence-corrected chi connectivity index (χ0v) is 14.1. The van der Waals surface area contributed by atoms with Crippen LogP contribution < -0.4 is 20.4 Å². The van der Waals surface area contributed by atoms with Crippen LogP contribution in [0.1, 0.15) is 10.4 Å². The molecular formula is C18H23N5O. The molecule has 0 atom stereocenters. The highest BCUT2D eigenvalue weighted by atomic mass is 16.1. The number of carbonyl (C=O) groups is 1. The second-order valence-electron chi connectivity index (χ2n) is 6.04. The molecule has 0 unspecified atom stereocenters. The highest BCUT2D eigenvalue weighted by Crippen LogP contribution is 2.17. The van der Waals surface area contributed by atoms with Crippen LogP contribution in [0.15, 0.2) is 42.6 Å². The van der Waals surface area contributed by atoms with Crippen molar-refractivity contribution >= 4 is 23.1 Å². The van der Waals surface area contributed by atoms with Gasteiger partial charge in [0.15, 0.2) is 0 Å². The van der Waals surface area contributed by atoms with Gasteiger partial charge in [-0.15, -0.1) is 0 Å². The van der Waals surface area contributed by atoms with Crippen molar-refractivity contribution in [2.75, 3.05) is 55.4 Å². The zero-order chi connectivity index (χ0) is 16.9. The van der Waals surface area contributed by atoms with E-state index in [9.17, 15) is 4.79 Å². The molecule has 2 N–H and O–H groups in total. The van der Waals surface area contributed by atoms with Crippen molar-refractivity contribution in [1.82, 2.24) is 10.3 Å². The van der Waals surface area contributed by atoms with Crippen molar-refractivity contribution in [3.63, 3.8) is 0 Å². The normalized spacial score (nSPS) is 14.3. The van der Waals surface area contributed by atoms with Crippen molar-refractivity contribution in [2.24, 2.45) is 0 Å². The Bertz CT molecular complexity index is 693. The molecule has 0 aliphatic carbocycles. The van der Waals surface area contributed by atoms with E-state index in [-0.39, 0.29) is 5.91 Å². The van der Waals surface area contributed by atoms with Crippen LogP contribution in [0, 0.1) is 0 Å². The van der Waals surface area contributed by atoms with Gasteiger partial charge in [0.25, 0.3) is 5.91 Å². The SMILES string of the molecule is CN(C)c1cccc(C(=O)Nc2ccc(N3CCNCC3)cn2)c1. The van der Waals surface area contributed by atoms with E-state index in [2.05, 4.69) is 20.5 Å². The molecule has 2 heterocycles. The zero-order valence-electron chi connectivity index (χ0n) is 14.1. The molecule has 2 aromatic rings. The Morgan fingerprint density at radius 3 is 2.67 bits per heavy atom. The fourth-order valence-corrected chi connectivity index (χ4v) is 2.68. The smallest absolute Gasteiger partial charge is 0.256 e. The average molecular weight is 325 g/mol. The first-order valence-electron chi connectivity index (χ1n) is 8.14. The van der Waals surface area contributed by atoms with Gasteiger partial charge in [-0.2, -0.15) is 0 Å². The first kappa shape index (κ1) is 16.3. The topological polar surface area (TPSA) is 60.5 Å². The van der Waals surface area contributed by atoms with Crippen molar-refractivity contribution in [3.05, 3.63) is 48.2 Å². The van der Waals surface area contributed by atoms with E-state index >= 15 is 0 Å². The number of anilines is 3. The first-order chi connectivity index (χ1) is 11.6. The van der Waals surface area contributed by atoms with E-state index in [1.54, 1.807) is 6.07 Å². The third-order valence-corrected chi connectivity index (χ3v) is 4.10. The number of hydrogen-bond acceptors (Lipinski definition) is 5. The maximum atomic E-state index is 12.4. The standard InChI is InChI=1S/C18H23N5O/c1-22(2)15-5-3-4-14(12-15)18(24)21-17-7-6-16(13-20-17)23-10-8-19-9-11-23/h3-7,12-13,19H,8-11H2,1-2H3,(H,20,21,24). The maximum Gasteiger partial charge on any atom is 0.256 e. The summed E-state index contributed by atoms with van der Waals surface area (Å²) in [5.41, 5.74) is 2.70. The van der Waals surface area contributed by atoms with Crippen molar-refractivity contribution in [3.8, 4) is 0 Å². The van der Waals surface area contributed by atoms with Gasteiger partial charge < -0.3 is 20.4 Å². The number of nitrogens with one attached hydrogen (secondary N) is 2. The lowest BCUT2D eigenvalue weighted by Crippen LogP contribution is -2.43. The van der Waals surface area contributed by atoms with Crippen LogP contribution in [-0.2, 0) is 0 Å². The van der Waals surface area contributed by atoms with Crippen LogP contribution in [0.3, 0.4) is 0 Å². The first-order valence-corrected chi connectivity index (χ1v) is 8.14. The molecule has 1 aliphatic heterocycles. The van der Waals surface area contributed by atoms with Gasteiger partial charge in [-0.1, -0.05) is 6.07 Å². The fourth-order valence-electron chi connectivity index (χ4n) is 2.68. The summed E-state index contributed by atoms with van der Waals surface area (Å²) in [5, 5.41) is 6.19. The fraction of sp³-hybridized carbons (Fsp3) is 0.333. The van der Waals surface area contributed by atoms with Crippen molar-refractivity contribution in [1.29, 1.82) is 0 Å². The van der Waals surface area contributed by atoms with Crippen LogP contribution in [0.2, 0.25) is 0 Å². The molecule has 1 aliphatic rings. The van der Waals surface area contributed by atoms with Crippen LogP contribution in [0.4, 0.5) is 17.2 Å². The Labute approximate surface area is 142 Å². The van der Waals surface area contributed by atoms with Gasteiger partial charge in [0.05, 0.1) is 11.9 Å². The van der Waals surface area contributed by atoms with Gasteiger partial charge in [-0.25, -0.2) is 4.98 Å². The van der Waals surface area contributed by atoms with Gasteiger partial charge in [0.2, 0.25) is 0 Å². The van der Waals surface area contributed by atoms with Crippen LogP contribution in [-0.4, -0.2) is 51.2 Å². The number of aromatic nitrogens is 1. The van der Waals surface area contributed by atoms with Crippen LogP contribution in [0.5, 0.6) is 0 Å². The van der Waals surface area contributed by atoms with Crippen molar-refractivity contribution in [2.45, 2.75) is 0 Å². The molecule has 0 saturated carbocycles. The number of amides is 1. The molecule has 126 valence electrons. The highest BCUT2D eigenvalue weighted by molar-refractivity contribution is 6.04. The lowest BCUT2D eigenvalue weighted by molar-refractivity contribution is 0.102. The number of carbonyl (C=O) groups excluding carboxylic acids is 1. The molecule has 1 aromatic carbocycles. The van der Waals surface area contributed by atoms with Gasteiger partial charge in [0, 0.05) is 51.5 Å². The Hall–Kier alpha value is -2.60. The number of piperazine rings is 1. The van der Waals surface area contributed by atoms with E-state index in [0.717, 1.165) is 37.6 Å². The predicted octanol–water partition coefficient (Wildman–Crippen LogP) is 1.81. The third-order valence-electron chi connectivity index (χ3n) is 4.10. The van der Waals surface area contributed by atoms with Gasteiger partial charge in [-0.05, 0) is 30.3 Å². The molecule has 0 spiro atoms. The highest BCUT2D eigenvalue weighted by Gasteiger charge is 2.12. The summed E-state index contributed by atoms with van der Waals surface area (Å²) < 4.78 is 0. The molecule has 0 bridgehead atoms. The number of hydrogen-bond donors (Lipinski definition) is 2. The lowest BCUT2D eigenvalue weighted by Gasteiger charge is -2.29.